The average molecular weight is 442 g/mol. The topological polar surface area (TPSA) is 78.5 Å². The number of carbonyl (C=O) groups is 3. The summed E-state index contributed by atoms with van der Waals surface area (Å²) >= 11 is 1.36. The molecule has 0 bridgehead atoms. The van der Waals surface area contributed by atoms with Crippen molar-refractivity contribution in [1.29, 1.82) is 0 Å². The fourth-order valence-electron chi connectivity index (χ4n) is 3.87. The Morgan fingerprint density at radius 3 is 2.42 bits per heavy atom. The van der Waals surface area contributed by atoms with Crippen molar-refractivity contribution in [3.63, 3.8) is 0 Å². The summed E-state index contributed by atoms with van der Waals surface area (Å²) in [5.41, 5.74) is 1.68. The lowest BCUT2D eigenvalue weighted by Gasteiger charge is -2.36. The number of hydrogen-bond donors (Lipinski definition) is 2. The minimum Gasteiger partial charge on any atom is -0.352 e. The van der Waals surface area contributed by atoms with E-state index < -0.39 is 6.04 Å². The van der Waals surface area contributed by atoms with Crippen LogP contribution in [-0.4, -0.2) is 47.8 Å². The second kappa shape index (κ2) is 10.6. The highest BCUT2D eigenvalue weighted by molar-refractivity contribution is 7.12. The standard InChI is InChI=1S/C24H31N3O3S/c1-4-17(3)25-23(29)21(26-22(28)20-10-7-15-31-20)18-11-13-27(14-12-18)24(30)19-9-6-5-8-16(19)2/h5-10,15,17-18,21H,4,11-14H2,1-3H3,(H,25,29)(H,26,28). The molecule has 1 aliphatic heterocycles. The monoisotopic (exact) mass is 441 g/mol. The maximum absolute atomic E-state index is 13.0. The van der Waals surface area contributed by atoms with E-state index in [1.165, 1.54) is 11.3 Å². The Labute approximate surface area is 188 Å². The minimum atomic E-state index is -0.612. The number of carbonyl (C=O) groups excluding carboxylic acids is 3. The lowest BCUT2D eigenvalue weighted by atomic mass is 9.88. The number of piperidine rings is 1. The molecule has 166 valence electrons. The van der Waals surface area contributed by atoms with Crippen molar-refractivity contribution < 1.29 is 14.4 Å². The van der Waals surface area contributed by atoms with Crippen LogP contribution in [0, 0.1) is 12.8 Å². The van der Waals surface area contributed by atoms with E-state index in [9.17, 15) is 14.4 Å². The number of amides is 3. The molecule has 2 aromatic rings. The van der Waals surface area contributed by atoms with Crippen LogP contribution in [-0.2, 0) is 4.79 Å². The van der Waals surface area contributed by atoms with Gasteiger partial charge in [0.25, 0.3) is 11.8 Å². The maximum atomic E-state index is 13.0. The highest BCUT2D eigenvalue weighted by Gasteiger charge is 2.34. The number of nitrogens with zero attached hydrogens (tertiary/aromatic N) is 1. The van der Waals surface area contributed by atoms with Crippen molar-refractivity contribution in [2.45, 2.75) is 52.1 Å². The molecular formula is C24H31N3O3S. The van der Waals surface area contributed by atoms with Gasteiger partial charge < -0.3 is 15.5 Å². The molecule has 2 unspecified atom stereocenters. The van der Waals surface area contributed by atoms with Crippen LogP contribution in [0.2, 0.25) is 0 Å². The molecule has 0 spiro atoms. The fourth-order valence-corrected chi connectivity index (χ4v) is 4.50. The summed E-state index contributed by atoms with van der Waals surface area (Å²) in [6, 6.07) is 10.6. The van der Waals surface area contributed by atoms with Gasteiger partial charge >= 0.3 is 0 Å². The number of thiophene rings is 1. The van der Waals surface area contributed by atoms with E-state index in [4.69, 9.17) is 0 Å². The van der Waals surface area contributed by atoms with Crippen molar-refractivity contribution in [1.82, 2.24) is 15.5 Å². The number of rotatable bonds is 7. The zero-order chi connectivity index (χ0) is 22.4. The third kappa shape index (κ3) is 5.73. The Hall–Kier alpha value is -2.67. The van der Waals surface area contributed by atoms with Crippen LogP contribution in [0.4, 0.5) is 0 Å². The van der Waals surface area contributed by atoms with Gasteiger partial charge in [-0.15, -0.1) is 11.3 Å². The van der Waals surface area contributed by atoms with Crippen LogP contribution in [0.1, 0.15) is 58.7 Å². The van der Waals surface area contributed by atoms with E-state index in [1.54, 1.807) is 6.07 Å². The van der Waals surface area contributed by atoms with Gasteiger partial charge in [-0.1, -0.05) is 31.2 Å². The second-order valence-electron chi connectivity index (χ2n) is 8.19. The number of nitrogens with one attached hydrogen (secondary N) is 2. The third-order valence-electron chi connectivity index (χ3n) is 5.99. The first-order valence-electron chi connectivity index (χ1n) is 10.9. The van der Waals surface area contributed by atoms with Crippen LogP contribution in [0.5, 0.6) is 0 Å². The van der Waals surface area contributed by atoms with Crippen molar-refractivity contribution in [3.05, 3.63) is 57.8 Å². The summed E-state index contributed by atoms with van der Waals surface area (Å²) in [5.74, 6) is -0.366. The molecule has 2 heterocycles. The van der Waals surface area contributed by atoms with Crippen LogP contribution in [0.15, 0.2) is 41.8 Å². The summed E-state index contributed by atoms with van der Waals surface area (Å²) in [7, 11) is 0. The first kappa shape index (κ1) is 23.0. The van der Waals surface area contributed by atoms with Crippen LogP contribution >= 0.6 is 11.3 Å². The van der Waals surface area contributed by atoms with Crippen molar-refractivity contribution in [3.8, 4) is 0 Å². The number of likely N-dealkylation sites (tertiary alicyclic amines) is 1. The molecule has 0 radical (unpaired) electrons. The predicted octanol–water partition coefficient (Wildman–Crippen LogP) is 3.62. The Bertz CT molecular complexity index is 905. The van der Waals surface area contributed by atoms with E-state index in [1.807, 2.05) is 61.4 Å². The van der Waals surface area contributed by atoms with Crippen molar-refractivity contribution >= 4 is 29.1 Å². The number of hydrogen-bond acceptors (Lipinski definition) is 4. The summed E-state index contributed by atoms with van der Waals surface area (Å²) in [5, 5.41) is 7.82. The van der Waals surface area contributed by atoms with E-state index in [-0.39, 0.29) is 29.7 Å². The van der Waals surface area contributed by atoms with Gasteiger partial charge in [0.05, 0.1) is 4.88 Å². The quantitative estimate of drug-likeness (QED) is 0.689. The highest BCUT2D eigenvalue weighted by atomic mass is 32.1. The Morgan fingerprint density at radius 1 is 1.10 bits per heavy atom. The van der Waals surface area contributed by atoms with Crippen LogP contribution < -0.4 is 10.6 Å². The van der Waals surface area contributed by atoms with E-state index in [0.29, 0.717) is 30.8 Å². The van der Waals surface area contributed by atoms with Gasteiger partial charge in [0, 0.05) is 24.7 Å². The first-order chi connectivity index (χ1) is 14.9. The number of aryl methyl sites for hydroxylation is 1. The molecule has 0 saturated carbocycles. The molecule has 0 aliphatic carbocycles. The summed E-state index contributed by atoms with van der Waals surface area (Å²) in [6.07, 6.45) is 2.16. The van der Waals surface area contributed by atoms with Crippen LogP contribution in [0.25, 0.3) is 0 Å². The molecule has 1 aromatic carbocycles. The SMILES string of the molecule is CCC(C)NC(=O)C(NC(=O)c1cccs1)C1CCN(C(=O)c2ccccc2C)CC1. The summed E-state index contributed by atoms with van der Waals surface area (Å²) < 4.78 is 0. The molecule has 2 N–H and O–H groups in total. The molecule has 3 amide bonds. The third-order valence-corrected chi connectivity index (χ3v) is 6.86. The predicted molar refractivity (Wildman–Crippen MR) is 123 cm³/mol. The van der Waals surface area contributed by atoms with Gasteiger partial charge in [-0.3, -0.25) is 14.4 Å². The molecule has 6 nitrogen and oxygen atoms in total. The minimum absolute atomic E-state index is 0.0195. The van der Waals surface area contributed by atoms with Gasteiger partial charge in [-0.05, 0) is 62.1 Å². The largest absolute Gasteiger partial charge is 0.352 e. The zero-order valence-electron chi connectivity index (χ0n) is 18.4. The molecule has 1 fully saturated rings. The Balaban J connectivity index is 1.68. The van der Waals surface area contributed by atoms with E-state index >= 15 is 0 Å². The molecule has 7 heteroatoms. The maximum Gasteiger partial charge on any atom is 0.262 e. The normalized spacial score (nSPS) is 16.4. The Morgan fingerprint density at radius 2 is 1.81 bits per heavy atom. The molecule has 3 rings (SSSR count). The van der Waals surface area contributed by atoms with Crippen molar-refractivity contribution in [2.75, 3.05) is 13.1 Å². The van der Waals surface area contributed by atoms with E-state index in [2.05, 4.69) is 10.6 Å². The number of benzene rings is 1. The van der Waals surface area contributed by atoms with Gasteiger partial charge in [0.2, 0.25) is 5.91 Å². The molecule has 31 heavy (non-hydrogen) atoms. The molecule has 1 aromatic heterocycles. The summed E-state index contributed by atoms with van der Waals surface area (Å²) in [4.78, 5) is 41.0. The van der Waals surface area contributed by atoms with Gasteiger partial charge in [0.1, 0.15) is 6.04 Å². The Kier molecular flexibility index (Phi) is 7.85. The van der Waals surface area contributed by atoms with Gasteiger partial charge in [0.15, 0.2) is 0 Å². The molecule has 1 aliphatic rings. The molecular weight excluding hydrogens is 410 g/mol. The van der Waals surface area contributed by atoms with Gasteiger partial charge in [-0.2, -0.15) is 0 Å². The summed E-state index contributed by atoms with van der Waals surface area (Å²) in [6.45, 7) is 7.05. The fraction of sp³-hybridized carbons (Fsp3) is 0.458. The lowest BCUT2D eigenvalue weighted by Crippen LogP contribution is -2.55. The van der Waals surface area contributed by atoms with Crippen molar-refractivity contribution in [2.24, 2.45) is 5.92 Å². The lowest BCUT2D eigenvalue weighted by molar-refractivity contribution is -0.125. The molecule has 2 atom stereocenters. The first-order valence-corrected chi connectivity index (χ1v) is 11.8. The van der Waals surface area contributed by atoms with E-state index in [0.717, 1.165) is 17.5 Å². The van der Waals surface area contributed by atoms with Crippen LogP contribution in [0.3, 0.4) is 0 Å². The zero-order valence-corrected chi connectivity index (χ0v) is 19.2. The average Bonchev–Trinajstić information content (AvgIpc) is 3.32. The van der Waals surface area contributed by atoms with Gasteiger partial charge in [-0.25, -0.2) is 0 Å². The molecule has 1 saturated heterocycles. The smallest absolute Gasteiger partial charge is 0.262 e. The second-order valence-corrected chi connectivity index (χ2v) is 9.14. The highest BCUT2D eigenvalue weighted by Crippen LogP contribution is 2.24.